The molecule has 1 fully saturated rings. The molecule has 1 aromatic rings. The predicted molar refractivity (Wildman–Crippen MR) is 80.1 cm³/mol. The molecular weight excluding hydrogens is 367 g/mol. The van der Waals surface area contributed by atoms with Gasteiger partial charge in [0.2, 0.25) is 0 Å². The molecule has 0 spiro atoms. The molecule has 25 heavy (non-hydrogen) atoms. The zero-order chi connectivity index (χ0) is 19.1. The highest BCUT2D eigenvalue weighted by Crippen LogP contribution is 2.60. The van der Waals surface area contributed by atoms with Gasteiger partial charge in [-0.2, -0.15) is 8.78 Å². The first kappa shape index (κ1) is 19.3. The molecule has 2 atom stereocenters. The van der Waals surface area contributed by atoms with Crippen molar-refractivity contribution in [3.8, 4) is 12.3 Å². The fraction of sp³-hybridized carbons (Fsp3) is 0.353. The van der Waals surface area contributed by atoms with Crippen molar-refractivity contribution in [1.82, 2.24) is 0 Å². The van der Waals surface area contributed by atoms with Crippen LogP contribution in [0.15, 0.2) is 12.2 Å². The van der Waals surface area contributed by atoms with Crippen LogP contribution in [-0.2, 0) is 16.1 Å². The van der Waals surface area contributed by atoms with Crippen LogP contribution >= 0.6 is 11.6 Å². The smallest absolute Gasteiger partial charge is 0.310 e. The van der Waals surface area contributed by atoms with E-state index in [-0.39, 0.29) is 0 Å². The molecule has 0 N–H and O–H groups in total. The first-order valence-electron chi connectivity index (χ1n) is 7.04. The van der Waals surface area contributed by atoms with Crippen molar-refractivity contribution in [2.45, 2.75) is 20.5 Å². The van der Waals surface area contributed by atoms with E-state index in [1.807, 2.05) is 0 Å². The summed E-state index contributed by atoms with van der Waals surface area (Å²) in [6.45, 7) is 2.30. The fourth-order valence-electron chi connectivity index (χ4n) is 2.74. The maximum absolute atomic E-state index is 13.9. The highest BCUT2D eigenvalue weighted by molar-refractivity contribution is 6.31. The molecule has 0 aromatic heterocycles. The molecule has 0 radical (unpaired) electrons. The van der Waals surface area contributed by atoms with E-state index in [2.05, 4.69) is 0 Å². The minimum Gasteiger partial charge on any atom is -0.460 e. The number of rotatable bonds is 4. The van der Waals surface area contributed by atoms with Gasteiger partial charge >= 0.3 is 5.97 Å². The van der Waals surface area contributed by atoms with Crippen molar-refractivity contribution in [2.24, 2.45) is 17.3 Å². The Kier molecular flexibility index (Phi) is 5.14. The Hall–Kier alpha value is -2.07. The summed E-state index contributed by atoms with van der Waals surface area (Å²) in [5.41, 5.74) is -2.46. The first-order valence-corrected chi connectivity index (χ1v) is 7.42. The summed E-state index contributed by atoms with van der Waals surface area (Å²) in [5.74, 6) is -5.39. The maximum atomic E-state index is 13.9. The normalized spacial score (nSPS) is 20.6. The number of benzene rings is 1. The minimum atomic E-state index is -1.93. The van der Waals surface area contributed by atoms with E-state index in [9.17, 15) is 26.7 Å². The Morgan fingerprint density at radius 2 is 1.88 bits per heavy atom. The lowest BCUT2D eigenvalue weighted by Gasteiger charge is -2.11. The second-order valence-electron chi connectivity index (χ2n) is 6.14. The topological polar surface area (TPSA) is 26.3 Å². The Labute approximate surface area is 145 Å². The van der Waals surface area contributed by atoms with Crippen LogP contribution in [0.1, 0.15) is 25.0 Å². The van der Waals surface area contributed by atoms with Gasteiger partial charge in [0.25, 0.3) is 6.08 Å². The summed E-state index contributed by atoms with van der Waals surface area (Å²) in [5, 5.41) is -0.805. The molecule has 0 heterocycles. The van der Waals surface area contributed by atoms with Gasteiger partial charge < -0.3 is 4.74 Å². The molecule has 2 rings (SSSR count). The number of ether oxygens (including phenoxy) is 1. The van der Waals surface area contributed by atoms with Crippen molar-refractivity contribution >= 4 is 17.6 Å². The lowest BCUT2D eigenvalue weighted by molar-refractivity contribution is -0.147. The Balaban J connectivity index is 2.20. The van der Waals surface area contributed by atoms with Gasteiger partial charge in [0.15, 0.2) is 17.5 Å². The van der Waals surface area contributed by atoms with Crippen LogP contribution in [0.5, 0.6) is 0 Å². The van der Waals surface area contributed by atoms with Crippen molar-refractivity contribution in [3.05, 3.63) is 45.8 Å². The highest BCUT2D eigenvalue weighted by atomic mass is 35.5. The SMILES string of the molecule is C#Cc1c(F)c(F)c(COC(=O)[C@@H]2[C@@H](C=C(F)F)C2(C)C)c(Cl)c1F. The van der Waals surface area contributed by atoms with E-state index in [4.69, 9.17) is 22.8 Å². The van der Waals surface area contributed by atoms with Crippen molar-refractivity contribution in [3.63, 3.8) is 0 Å². The number of carbonyl (C=O) groups is 1. The molecule has 134 valence electrons. The van der Waals surface area contributed by atoms with Crippen LogP contribution in [0.2, 0.25) is 5.02 Å². The van der Waals surface area contributed by atoms with Crippen molar-refractivity contribution in [2.75, 3.05) is 0 Å². The molecule has 0 saturated heterocycles. The van der Waals surface area contributed by atoms with Crippen molar-refractivity contribution in [1.29, 1.82) is 0 Å². The maximum Gasteiger partial charge on any atom is 0.310 e. The average molecular weight is 379 g/mol. The van der Waals surface area contributed by atoms with Crippen LogP contribution < -0.4 is 0 Å². The van der Waals surface area contributed by atoms with Gasteiger partial charge in [-0.15, -0.1) is 6.42 Å². The van der Waals surface area contributed by atoms with Crippen molar-refractivity contribution < 1.29 is 31.5 Å². The molecular formula is C17H12ClF5O2. The van der Waals surface area contributed by atoms with Crippen LogP contribution in [0.4, 0.5) is 22.0 Å². The minimum absolute atomic E-state index is 0.639. The van der Waals surface area contributed by atoms with Crippen LogP contribution in [0.3, 0.4) is 0 Å². The number of allylic oxidation sites excluding steroid dienone is 1. The summed E-state index contributed by atoms with van der Waals surface area (Å²) < 4.78 is 71.0. The molecule has 1 aromatic carbocycles. The number of halogens is 6. The van der Waals surface area contributed by atoms with Gasteiger partial charge in [-0.25, -0.2) is 13.2 Å². The molecule has 8 heteroatoms. The average Bonchev–Trinajstić information content (AvgIpc) is 3.05. The molecule has 0 bridgehead atoms. The van der Waals surface area contributed by atoms with E-state index in [1.165, 1.54) is 0 Å². The summed E-state index contributed by atoms with van der Waals surface area (Å²) in [4.78, 5) is 12.0. The predicted octanol–water partition coefficient (Wildman–Crippen LogP) is 4.83. The third-order valence-electron chi connectivity index (χ3n) is 4.33. The quantitative estimate of drug-likeness (QED) is 0.324. The number of hydrogen-bond donors (Lipinski definition) is 0. The van der Waals surface area contributed by atoms with Gasteiger partial charge in [-0.1, -0.05) is 31.4 Å². The number of carbonyl (C=O) groups excluding carboxylic acids is 1. The molecule has 0 unspecified atom stereocenters. The lowest BCUT2D eigenvalue weighted by atomic mass is 10.1. The molecule has 0 amide bonds. The van der Waals surface area contributed by atoms with E-state index in [0.29, 0.717) is 6.08 Å². The standard InChI is InChI=1S/C17H12ClF5O2/c1-4-7-13(21)12(18)8(15(23)14(7)22)6-25-16(24)11-9(5-10(19)20)17(11,2)3/h1,5,9,11H,6H2,2-3H3/t9-,11+/m1/s1. The zero-order valence-electron chi connectivity index (χ0n) is 13.1. The monoisotopic (exact) mass is 378 g/mol. The lowest BCUT2D eigenvalue weighted by Crippen LogP contribution is -2.13. The molecule has 1 aliphatic rings. The van der Waals surface area contributed by atoms with Gasteiger partial charge in [0.1, 0.15) is 12.2 Å². The molecule has 2 nitrogen and oxygen atoms in total. The molecule has 1 aliphatic carbocycles. The largest absolute Gasteiger partial charge is 0.460 e. The van der Waals surface area contributed by atoms with Gasteiger partial charge in [0.05, 0.1) is 10.9 Å². The highest BCUT2D eigenvalue weighted by Gasteiger charge is 2.62. The summed E-state index contributed by atoms with van der Waals surface area (Å²) in [6, 6.07) is 0. The van der Waals surface area contributed by atoms with E-state index < -0.39 is 69.5 Å². The second kappa shape index (κ2) is 6.68. The summed E-state index contributed by atoms with van der Waals surface area (Å²) in [6.07, 6.45) is 3.59. The number of esters is 1. The van der Waals surface area contributed by atoms with E-state index in [0.717, 1.165) is 0 Å². The second-order valence-corrected chi connectivity index (χ2v) is 6.52. The van der Waals surface area contributed by atoms with Gasteiger partial charge in [-0.3, -0.25) is 4.79 Å². The van der Waals surface area contributed by atoms with Gasteiger partial charge in [0, 0.05) is 11.5 Å². The fourth-order valence-corrected chi connectivity index (χ4v) is 2.97. The third-order valence-corrected chi connectivity index (χ3v) is 4.72. The van der Waals surface area contributed by atoms with Crippen LogP contribution in [0.25, 0.3) is 0 Å². The van der Waals surface area contributed by atoms with Gasteiger partial charge in [-0.05, 0) is 11.5 Å². The summed E-state index contributed by atoms with van der Waals surface area (Å²) in [7, 11) is 0. The molecule has 0 aliphatic heterocycles. The van der Waals surface area contributed by atoms with E-state index in [1.54, 1.807) is 19.8 Å². The first-order chi connectivity index (χ1) is 11.5. The Morgan fingerprint density at radius 1 is 1.28 bits per heavy atom. The zero-order valence-corrected chi connectivity index (χ0v) is 13.9. The number of hydrogen-bond acceptors (Lipinski definition) is 2. The number of terminal acetylenes is 1. The molecule has 1 saturated carbocycles. The third kappa shape index (κ3) is 3.36. The summed E-state index contributed by atoms with van der Waals surface area (Å²) >= 11 is 5.61. The Morgan fingerprint density at radius 3 is 2.40 bits per heavy atom. The Bertz CT molecular complexity index is 777. The van der Waals surface area contributed by atoms with Crippen LogP contribution in [0, 0.1) is 47.0 Å². The van der Waals surface area contributed by atoms with Crippen LogP contribution in [-0.4, -0.2) is 5.97 Å². The van der Waals surface area contributed by atoms with E-state index >= 15 is 0 Å².